The molecule has 0 aliphatic carbocycles. The van der Waals surface area contributed by atoms with Crippen molar-refractivity contribution in [3.63, 3.8) is 0 Å². The topological polar surface area (TPSA) is 97.1 Å². The van der Waals surface area contributed by atoms with Gasteiger partial charge in [0.25, 0.3) is 0 Å². The van der Waals surface area contributed by atoms with Gasteiger partial charge < -0.3 is 16.3 Å². The minimum Gasteiger partial charge on any atom is -0.387 e. The second-order valence-electron chi connectivity index (χ2n) is 2.82. The summed E-state index contributed by atoms with van der Waals surface area (Å²) in [6.07, 6.45) is 0.918. The van der Waals surface area contributed by atoms with Gasteiger partial charge in [-0.25, -0.2) is 0 Å². The van der Waals surface area contributed by atoms with Gasteiger partial charge in [0.15, 0.2) is 0 Å². The number of hydrogen-bond donors (Lipinski definition) is 4. The maximum absolute atomic E-state index is 6.87. The Kier molecular flexibility index (Phi) is 6.64. The maximum Gasteiger partial charge on any atom is 0.107 e. The third kappa shape index (κ3) is 7.46. The predicted molar refractivity (Wildman–Crippen MR) is 48.7 cm³/mol. The lowest BCUT2D eigenvalue weighted by molar-refractivity contribution is 0.0432. The van der Waals surface area contributed by atoms with Crippen molar-refractivity contribution in [3.8, 4) is 0 Å². The molecular weight excluding hydrogens is 156 g/mol. The molecule has 12 heavy (non-hydrogen) atoms. The lowest BCUT2D eigenvalue weighted by Crippen LogP contribution is -2.29. The van der Waals surface area contributed by atoms with Crippen molar-refractivity contribution in [1.82, 2.24) is 5.48 Å². The fraction of sp³-hybridized carbons (Fsp3) is 0.857. The quantitative estimate of drug-likeness (QED) is 0.180. The lowest BCUT2D eigenvalue weighted by atomic mass is 10.1. The molecule has 72 valence electrons. The molecule has 0 aliphatic rings. The normalized spacial score (nSPS) is 12.8. The second-order valence-corrected chi connectivity index (χ2v) is 2.82. The summed E-state index contributed by atoms with van der Waals surface area (Å²) in [7, 11) is 0. The van der Waals surface area contributed by atoms with Crippen LogP contribution in [0.25, 0.3) is 0 Å². The highest BCUT2D eigenvalue weighted by Gasteiger charge is 1.97. The highest BCUT2D eigenvalue weighted by Crippen LogP contribution is 1.97. The van der Waals surface area contributed by atoms with Crippen molar-refractivity contribution in [2.45, 2.75) is 13.3 Å². The summed E-state index contributed by atoms with van der Waals surface area (Å²) < 4.78 is 0. The molecule has 5 nitrogen and oxygen atoms in total. The molecule has 0 aliphatic heterocycles. The Hall–Kier alpha value is -0.650. The van der Waals surface area contributed by atoms with Crippen molar-refractivity contribution >= 4 is 5.84 Å². The highest BCUT2D eigenvalue weighted by molar-refractivity contribution is 5.78. The van der Waals surface area contributed by atoms with Gasteiger partial charge in [0, 0.05) is 0 Å². The molecular formula is C7H18N4O. The van der Waals surface area contributed by atoms with E-state index in [1.54, 1.807) is 0 Å². The zero-order valence-electron chi connectivity index (χ0n) is 7.47. The fourth-order valence-electron chi connectivity index (χ4n) is 0.579. The van der Waals surface area contributed by atoms with E-state index in [-0.39, 0.29) is 12.4 Å². The average Bonchev–Trinajstić information content (AvgIpc) is 2.03. The van der Waals surface area contributed by atoms with Crippen molar-refractivity contribution in [3.05, 3.63) is 0 Å². The van der Waals surface area contributed by atoms with Crippen LogP contribution in [0.15, 0.2) is 0 Å². The number of rotatable bonds is 7. The van der Waals surface area contributed by atoms with Gasteiger partial charge in [0.1, 0.15) is 5.84 Å². The molecule has 0 aromatic rings. The lowest BCUT2D eigenvalue weighted by Gasteiger charge is -2.08. The average molecular weight is 174 g/mol. The Morgan fingerprint density at radius 3 is 2.83 bits per heavy atom. The van der Waals surface area contributed by atoms with Gasteiger partial charge in [-0.2, -0.15) is 5.48 Å². The first-order valence-corrected chi connectivity index (χ1v) is 4.04. The van der Waals surface area contributed by atoms with Gasteiger partial charge in [-0.1, -0.05) is 6.92 Å². The summed E-state index contributed by atoms with van der Waals surface area (Å²) in [6.45, 7) is 3.62. The molecule has 0 saturated heterocycles. The van der Waals surface area contributed by atoms with Crippen LogP contribution in [0.2, 0.25) is 0 Å². The number of nitrogens with one attached hydrogen (secondary N) is 2. The summed E-state index contributed by atoms with van der Waals surface area (Å²) in [4.78, 5) is 4.99. The number of amidine groups is 1. The summed E-state index contributed by atoms with van der Waals surface area (Å²) in [5.74, 6) is 0.547. The van der Waals surface area contributed by atoms with E-state index in [1.165, 1.54) is 0 Å². The molecule has 0 heterocycles. The number of nitrogens with two attached hydrogens (primary N) is 2. The van der Waals surface area contributed by atoms with Crippen LogP contribution in [0, 0.1) is 11.3 Å². The molecule has 6 N–H and O–H groups in total. The Morgan fingerprint density at radius 1 is 1.67 bits per heavy atom. The van der Waals surface area contributed by atoms with Crippen molar-refractivity contribution in [2.24, 2.45) is 17.4 Å². The van der Waals surface area contributed by atoms with Gasteiger partial charge in [-0.15, -0.1) is 0 Å². The van der Waals surface area contributed by atoms with E-state index in [0.29, 0.717) is 19.1 Å². The standard InChI is InChI=1S/C7H18N4O/c1-6(4-8)2-3-12-11-5-7(9)10/h6,11H,2-5,8H2,1H3,(H3,9,10). The summed E-state index contributed by atoms with van der Waals surface area (Å²) in [6, 6.07) is 0. The van der Waals surface area contributed by atoms with Crippen LogP contribution in [0.4, 0.5) is 0 Å². The number of hydroxylamine groups is 1. The van der Waals surface area contributed by atoms with Crippen molar-refractivity contribution in [1.29, 1.82) is 5.41 Å². The minimum atomic E-state index is 0.0712. The van der Waals surface area contributed by atoms with Crippen LogP contribution >= 0.6 is 0 Å². The molecule has 0 saturated carbocycles. The summed E-state index contributed by atoms with van der Waals surface area (Å²) in [5.41, 5.74) is 13.1. The molecule has 0 aromatic heterocycles. The van der Waals surface area contributed by atoms with E-state index >= 15 is 0 Å². The molecule has 0 aromatic carbocycles. The molecule has 5 heteroatoms. The van der Waals surface area contributed by atoms with E-state index in [9.17, 15) is 0 Å². The molecule has 1 atom stereocenters. The van der Waals surface area contributed by atoms with Crippen molar-refractivity contribution in [2.75, 3.05) is 19.7 Å². The summed E-state index contributed by atoms with van der Waals surface area (Å²) in [5, 5.41) is 6.87. The van der Waals surface area contributed by atoms with Crippen LogP contribution in [-0.4, -0.2) is 25.5 Å². The summed E-state index contributed by atoms with van der Waals surface area (Å²) >= 11 is 0. The molecule has 0 fully saturated rings. The third-order valence-electron chi connectivity index (χ3n) is 1.48. The molecule has 0 amide bonds. The van der Waals surface area contributed by atoms with Crippen LogP contribution < -0.4 is 16.9 Å². The van der Waals surface area contributed by atoms with E-state index in [0.717, 1.165) is 6.42 Å². The van der Waals surface area contributed by atoms with E-state index in [4.69, 9.17) is 21.7 Å². The Balaban J connectivity index is 3.05. The van der Waals surface area contributed by atoms with E-state index in [1.807, 2.05) is 0 Å². The monoisotopic (exact) mass is 174 g/mol. The van der Waals surface area contributed by atoms with Crippen LogP contribution in [0.3, 0.4) is 0 Å². The first-order chi connectivity index (χ1) is 5.66. The largest absolute Gasteiger partial charge is 0.387 e. The van der Waals surface area contributed by atoms with Gasteiger partial charge >= 0.3 is 0 Å². The smallest absolute Gasteiger partial charge is 0.107 e. The maximum atomic E-state index is 6.87. The first kappa shape index (κ1) is 11.4. The minimum absolute atomic E-state index is 0.0712. The zero-order valence-corrected chi connectivity index (χ0v) is 7.47. The Labute approximate surface area is 72.9 Å². The molecule has 0 spiro atoms. The predicted octanol–water partition coefficient (Wildman–Crippen LogP) is -0.572. The van der Waals surface area contributed by atoms with Gasteiger partial charge in [-0.05, 0) is 18.9 Å². The highest BCUT2D eigenvalue weighted by atomic mass is 16.6. The Bertz CT molecular complexity index is 129. The molecule has 0 rings (SSSR count). The van der Waals surface area contributed by atoms with Gasteiger partial charge in [-0.3, -0.25) is 5.41 Å². The fourth-order valence-corrected chi connectivity index (χ4v) is 0.579. The van der Waals surface area contributed by atoms with Crippen LogP contribution in [0.5, 0.6) is 0 Å². The van der Waals surface area contributed by atoms with Gasteiger partial charge in [0.05, 0.1) is 13.2 Å². The van der Waals surface area contributed by atoms with Crippen LogP contribution in [-0.2, 0) is 4.84 Å². The SMILES string of the molecule is CC(CN)CCONCC(=N)N. The first-order valence-electron chi connectivity index (χ1n) is 4.04. The van der Waals surface area contributed by atoms with E-state index < -0.39 is 0 Å². The van der Waals surface area contributed by atoms with Crippen molar-refractivity contribution < 1.29 is 4.84 Å². The Morgan fingerprint density at radius 2 is 2.33 bits per heavy atom. The zero-order chi connectivity index (χ0) is 9.40. The molecule has 1 unspecified atom stereocenters. The molecule has 0 radical (unpaired) electrons. The second kappa shape index (κ2) is 7.02. The third-order valence-corrected chi connectivity index (χ3v) is 1.48. The van der Waals surface area contributed by atoms with Gasteiger partial charge in [0.2, 0.25) is 0 Å². The number of hydrogen-bond acceptors (Lipinski definition) is 4. The molecule has 0 bridgehead atoms. The van der Waals surface area contributed by atoms with Crippen LogP contribution in [0.1, 0.15) is 13.3 Å². The van der Waals surface area contributed by atoms with E-state index in [2.05, 4.69) is 12.4 Å².